The molecule has 18 unspecified atom stereocenters. The van der Waals surface area contributed by atoms with Crippen LogP contribution in [0.25, 0.3) is 0 Å². The topological polar surface area (TPSA) is 228 Å². The average molecular weight is 1470 g/mol. The van der Waals surface area contributed by atoms with E-state index in [1.54, 1.807) is 0 Å². The van der Waals surface area contributed by atoms with E-state index in [1.165, 1.54) is 0 Å². The third-order valence-electron chi connectivity index (χ3n) is 25.7. The molecular weight excluding hydrogens is 1340 g/mol. The number of benzene rings is 3. The van der Waals surface area contributed by atoms with Gasteiger partial charge in [0.15, 0.2) is 0 Å². The highest BCUT2D eigenvalue weighted by Crippen LogP contribution is 2.45. The van der Waals surface area contributed by atoms with Gasteiger partial charge in [-0.15, -0.1) is 15.0 Å². The van der Waals surface area contributed by atoms with Crippen molar-refractivity contribution in [2.75, 3.05) is 16.0 Å². The normalized spacial score (nSPS) is 29.9. The summed E-state index contributed by atoms with van der Waals surface area (Å²) < 4.78 is 41.1. The standard InChI is InChI=1S/C88H130N12O7/c1-49(2)67-43-55(13)19-37-73(67)102-82-92-79(93-83(98-82)103-74-38-20-56(14)44-68(74)50(3)4)89-64-31-25-61(26-32-64)88(101,62-27-33-65(34-28-62)90-80-94-84(104-75-39-21-57(15)45-69(75)51(5)6)99-85(95-80)105-76-40-22-58(16)46-70(76)52(7)8)63-29-35-66(36-30-63)91-81-96-86(106-77-41-23-59(17)47-71(77)53(9)10)100-87(97-81)107-78-42-24-60(18)48-72(78)54(11)12/h25-36,49-60,67-78,101H,19-24,37-48H2,1-18H3,(H,89,92,93,98)(H,90,94,95,99)(H,91,96,97,100). The van der Waals surface area contributed by atoms with E-state index in [4.69, 9.17) is 73.3 Å². The van der Waals surface area contributed by atoms with E-state index < -0.39 is 5.60 Å². The average Bonchev–Trinajstić information content (AvgIpc) is 0.760. The third-order valence-corrected chi connectivity index (χ3v) is 25.7. The fourth-order valence-electron chi connectivity index (χ4n) is 19.1. The molecule has 3 aromatic carbocycles. The molecular formula is C88H130N12O7. The summed E-state index contributed by atoms with van der Waals surface area (Å²) in [5.74, 6) is 9.53. The van der Waals surface area contributed by atoms with Crippen molar-refractivity contribution in [3.8, 4) is 36.1 Å². The number of ether oxygens (including phenoxy) is 6. The Morgan fingerprint density at radius 2 is 0.439 bits per heavy atom. The minimum absolute atomic E-state index is 0.0328. The first-order valence-electron chi connectivity index (χ1n) is 41.8. The Balaban J connectivity index is 0.877. The van der Waals surface area contributed by atoms with Gasteiger partial charge in [-0.05, 0) is 275 Å². The van der Waals surface area contributed by atoms with Crippen molar-refractivity contribution in [2.24, 2.45) is 107 Å². The third kappa shape index (κ3) is 20.1. The summed E-state index contributed by atoms with van der Waals surface area (Å²) in [6.45, 7) is 41.5. The molecule has 0 aliphatic heterocycles. The summed E-state index contributed by atoms with van der Waals surface area (Å²) in [5, 5.41) is 24.5. The highest BCUT2D eigenvalue weighted by Gasteiger charge is 2.41. The Morgan fingerprint density at radius 1 is 0.271 bits per heavy atom. The van der Waals surface area contributed by atoms with Crippen LogP contribution in [0.2, 0.25) is 0 Å². The van der Waals surface area contributed by atoms with Gasteiger partial charge in [-0.3, -0.25) is 0 Å². The molecule has 3 heterocycles. The zero-order chi connectivity index (χ0) is 76.0. The van der Waals surface area contributed by atoms with E-state index >= 15 is 0 Å². The van der Waals surface area contributed by atoms with Crippen molar-refractivity contribution < 1.29 is 33.5 Å². The predicted molar refractivity (Wildman–Crippen MR) is 425 cm³/mol. The molecule has 0 saturated heterocycles. The fraction of sp³-hybridized carbons (Fsp3) is 0.693. The Hall–Kier alpha value is -7.15. The smallest absolute Gasteiger partial charge is 0.324 e. The molecule has 19 nitrogen and oxygen atoms in total. The highest BCUT2D eigenvalue weighted by atomic mass is 16.5. The summed E-state index contributed by atoms with van der Waals surface area (Å²) in [4.78, 5) is 44.5. The number of anilines is 6. The van der Waals surface area contributed by atoms with Crippen LogP contribution < -0.4 is 44.4 Å². The lowest BCUT2D eigenvalue weighted by Crippen LogP contribution is -2.37. The van der Waals surface area contributed by atoms with Crippen LogP contribution in [0.5, 0.6) is 36.1 Å². The van der Waals surface area contributed by atoms with Crippen LogP contribution in [0.1, 0.15) is 257 Å². The maximum atomic E-state index is 13.9. The molecule has 4 N–H and O–H groups in total. The van der Waals surface area contributed by atoms with E-state index in [1.807, 2.05) is 72.8 Å². The van der Waals surface area contributed by atoms with Crippen LogP contribution in [-0.2, 0) is 5.60 Å². The van der Waals surface area contributed by atoms with Crippen molar-refractivity contribution >= 4 is 34.9 Å². The molecule has 107 heavy (non-hydrogen) atoms. The molecule has 0 amide bonds. The Kier molecular flexibility index (Phi) is 26.2. The first-order valence-corrected chi connectivity index (χ1v) is 41.8. The zero-order valence-electron chi connectivity index (χ0n) is 67.9. The minimum Gasteiger partial charge on any atom is -0.460 e. The van der Waals surface area contributed by atoms with E-state index in [0.717, 1.165) is 116 Å². The van der Waals surface area contributed by atoms with Crippen molar-refractivity contribution in [3.05, 3.63) is 89.5 Å². The largest absolute Gasteiger partial charge is 0.460 e. The van der Waals surface area contributed by atoms with Gasteiger partial charge in [0.05, 0.1) is 0 Å². The predicted octanol–water partition coefficient (Wildman–Crippen LogP) is 20.8. The number of nitrogens with zero attached hydrogens (tertiary/aromatic N) is 9. The van der Waals surface area contributed by atoms with E-state index in [9.17, 15) is 5.11 Å². The molecule has 6 saturated carbocycles. The van der Waals surface area contributed by atoms with Crippen LogP contribution in [0.15, 0.2) is 72.8 Å². The molecule has 6 aliphatic carbocycles. The maximum Gasteiger partial charge on any atom is 0.324 e. The van der Waals surface area contributed by atoms with Gasteiger partial charge in [-0.25, -0.2) is 0 Å². The van der Waals surface area contributed by atoms with Crippen molar-refractivity contribution in [1.82, 2.24) is 44.9 Å². The summed E-state index contributed by atoms with van der Waals surface area (Å²) in [5.41, 5.74) is 2.27. The Morgan fingerprint density at radius 3 is 0.598 bits per heavy atom. The molecule has 12 rings (SSSR count). The van der Waals surface area contributed by atoms with Gasteiger partial charge >= 0.3 is 36.1 Å². The van der Waals surface area contributed by atoms with Crippen LogP contribution in [0.3, 0.4) is 0 Å². The van der Waals surface area contributed by atoms with Gasteiger partial charge in [0, 0.05) is 17.1 Å². The zero-order valence-corrected chi connectivity index (χ0v) is 67.9. The number of nitrogens with one attached hydrogen (secondary N) is 3. The Labute approximate surface area is 640 Å². The summed E-state index contributed by atoms with van der Waals surface area (Å²) in [6, 6.07) is 25.0. The van der Waals surface area contributed by atoms with Crippen molar-refractivity contribution in [1.29, 1.82) is 0 Å². The minimum atomic E-state index is -1.70. The lowest BCUT2D eigenvalue weighted by molar-refractivity contribution is 0.0304. The van der Waals surface area contributed by atoms with Crippen molar-refractivity contribution in [3.63, 3.8) is 0 Å². The number of hydrogen-bond donors (Lipinski definition) is 4. The maximum absolute atomic E-state index is 13.9. The first kappa shape index (κ1) is 79.4. The molecule has 0 radical (unpaired) electrons. The molecule has 6 aromatic rings. The molecule has 3 aromatic heterocycles. The number of hydrogen-bond acceptors (Lipinski definition) is 19. The van der Waals surface area contributed by atoms with Gasteiger partial charge < -0.3 is 49.5 Å². The van der Waals surface area contributed by atoms with E-state index in [-0.39, 0.29) is 72.7 Å². The second kappa shape index (κ2) is 35.3. The molecule has 18 atom stereocenters. The monoisotopic (exact) mass is 1470 g/mol. The van der Waals surface area contributed by atoms with E-state index in [2.05, 4.69) is 141 Å². The quantitative estimate of drug-likeness (QED) is 0.0352. The molecule has 0 bridgehead atoms. The lowest BCUT2D eigenvalue weighted by Gasteiger charge is -2.37. The molecule has 6 fully saturated rings. The van der Waals surface area contributed by atoms with Crippen LogP contribution in [0, 0.1) is 107 Å². The summed E-state index contributed by atoms with van der Waals surface area (Å²) >= 11 is 0. The SMILES string of the molecule is CC1CCC(Oc2nc(Nc3ccc(C(O)(c4ccc(Nc5nc(OC6CCC(C)CC6C(C)C)nc(OC6CCC(C)CC6C(C)C)n5)cc4)c4ccc(Nc5nc(OC6CCC(C)CC6C(C)C)nc(OC6CCC(C)CC6C(C)C)n5)cc4)cc3)nc(OC3CCC(C)CC3C(C)C)n2)C(C(C)C)C1. The molecule has 0 spiro atoms. The number of aromatic nitrogens is 9. The molecule has 6 aliphatic rings. The fourth-order valence-corrected chi connectivity index (χ4v) is 19.1. The van der Waals surface area contributed by atoms with Gasteiger partial charge in [0.25, 0.3) is 0 Å². The van der Waals surface area contributed by atoms with Crippen LogP contribution in [0.4, 0.5) is 34.9 Å². The number of aliphatic hydroxyl groups is 1. The van der Waals surface area contributed by atoms with Gasteiger partial charge in [-0.1, -0.05) is 161 Å². The lowest BCUT2D eigenvalue weighted by atomic mass is 9.75. The molecule has 19 heteroatoms. The van der Waals surface area contributed by atoms with Gasteiger partial charge in [-0.2, -0.15) is 29.9 Å². The number of rotatable bonds is 27. The Bertz CT molecular complexity index is 3260. The van der Waals surface area contributed by atoms with Crippen LogP contribution in [-0.4, -0.2) is 86.6 Å². The van der Waals surface area contributed by atoms with Crippen molar-refractivity contribution in [2.45, 2.75) is 282 Å². The highest BCUT2D eigenvalue weighted by molar-refractivity contribution is 5.61. The second-order valence-corrected chi connectivity index (χ2v) is 36.4. The van der Waals surface area contributed by atoms with Gasteiger partial charge in [0.1, 0.15) is 42.2 Å². The van der Waals surface area contributed by atoms with Gasteiger partial charge in [0.2, 0.25) is 17.8 Å². The van der Waals surface area contributed by atoms with E-state index in [0.29, 0.717) is 158 Å². The first-order chi connectivity index (χ1) is 51.2. The van der Waals surface area contributed by atoms with Crippen LogP contribution >= 0.6 is 0 Å². The molecule has 584 valence electrons. The summed E-state index contributed by atoms with van der Waals surface area (Å²) in [6.07, 6.45) is 18.5. The summed E-state index contributed by atoms with van der Waals surface area (Å²) in [7, 11) is 0. The second-order valence-electron chi connectivity index (χ2n) is 36.4.